The molecule has 1 aromatic carbocycles. The largest absolute Gasteiger partial charge is 0.483 e. The van der Waals surface area contributed by atoms with Crippen molar-refractivity contribution in [2.45, 2.75) is 6.61 Å². The van der Waals surface area contributed by atoms with Crippen molar-refractivity contribution in [1.29, 1.82) is 0 Å². The minimum absolute atomic E-state index is 0. The fourth-order valence-corrected chi connectivity index (χ4v) is 1.16. The molecule has 0 aliphatic rings. The van der Waals surface area contributed by atoms with Crippen LogP contribution in [0.4, 0.5) is 5.69 Å². The number of benzene rings is 1. The molecular weight excluding hydrogens is 214 g/mol. The summed E-state index contributed by atoms with van der Waals surface area (Å²) < 4.78 is 10.6. The van der Waals surface area contributed by atoms with Crippen LogP contribution in [0.25, 0.3) is 0 Å². The highest BCUT2D eigenvalue weighted by molar-refractivity contribution is 5.85. The van der Waals surface area contributed by atoms with Gasteiger partial charge in [-0.3, -0.25) is 0 Å². The number of para-hydroxylation sites is 2. The van der Waals surface area contributed by atoms with Gasteiger partial charge in [-0.2, -0.15) is 0 Å². The highest BCUT2D eigenvalue weighted by Gasteiger charge is 2.00. The van der Waals surface area contributed by atoms with Crippen LogP contribution in [-0.2, 0) is 6.61 Å². The molecule has 0 radical (unpaired) electrons. The SMILES string of the molecule is Cl.Nc1ccccc1OCc1ccco1. The Labute approximate surface area is 94.3 Å². The van der Waals surface area contributed by atoms with Crippen molar-refractivity contribution in [3.05, 3.63) is 48.4 Å². The molecule has 0 aliphatic carbocycles. The van der Waals surface area contributed by atoms with E-state index in [0.717, 1.165) is 5.76 Å². The topological polar surface area (TPSA) is 48.4 Å². The van der Waals surface area contributed by atoms with E-state index in [0.29, 0.717) is 18.0 Å². The van der Waals surface area contributed by atoms with Gasteiger partial charge in [0.25, 0.3) is 0 Å². The Morgan fingerprint density at radius 2 is 1.93 bits per heavy atom. The lowest BCUT2D eigenvalue weighted by Gasteiger charge is -2.06. The van der Waals surface area contributed by atoms with Crippen molar-refractivity contribution in [3.63, 3.8) is 0 Å². The average Bonchev–Trinajstić information content (AvgIpc) is 2.69. The van der Waals surface area contributed by atoms with Gasteiger partial charge in [-0.15, -0.1) is 12.4 Å². The van der Waals surface area contributed by atoms with Crippen LogP contribution in [-0.4, -0.2) is 0 Å². The van der Waals surface area contributed by atoms with Crippen molar-refractivity contribution in [3.8, 4) is 5.75 Å². The summed E-state index contributed by atoms with van der Waals surface area (Å²) in [5.74, 6) is 1.47. The quantitative estimate of drug-likeness (QED) is 0.818. The molecule has 0 spiro atoms. The minimum Gasteiger partial charge on any atom is -0.483 e. The van der Waals surface area contributed by atoms with Crippen molar-refractivity contribution >= 4 is 18.1 Å². The average molecular weight is 226 g/mol. The third-order valence-electron chi connectivity index (χ3n) is 1.87. The summed E-state index contributed by atoms with van der Waals surface area (Å²) in [5, 5.41) is 0. The Hall–Kier alpha value is -1.61. The van der Waals surface area contributed by atoms with E-state index in [9.17, 15) is 0 Å². The summed E-state index contributed by atoms with van der Waals surface area (Å²) >= 11 is 0. The van der Waals surface area contributed by atoms with Crippen LogP contribution in [0.15, 0.2) is 47.1 Å². The van der Waals surface area contributed by atoms with Gasteiger partial charge < -0.3 is 14.9 Å². The number of hydrogen-bond acceptors (Lipinski definition) is 3. The normalized spacial score (nSPS) is 9.33. The molecule has 15 heavy (non-hydrogen) atoms. The maximum absolute atomic E-state index is 5.70. The standard InChI is InChI=1S/C11H11NO2.ClH/c12-10-5-1-2-6-11(10)14-8-9-4-3-7-13-9;/h1-7H,8,12H2;1H. The third kappa shape index (κ3) is 2.92. The number of ether oxygens (including phenoxy) is 1. The molecule has 2 rings (SSSR count). The molecule has 2 aromatic rings. The monoisotopic (exact) mass is 225 g/mol. The van der Waals surface area contributed by atoms with Crippen LogP contribution in [0.1, 0.15) is 5.76 Å². The first kappa shape index (κ1) is 11.5. The van der Waals surface area contributed by atoms with Crippen molar-refractivity contribution in [2.24, 2.45) is 0 Å². The van der Waals surface area contributed by atoms with Gasteiger partial charge in [0.1, 0.15) is 18.1 Å². The lowest BCUT2D eigenvalue weighted by Crippen LogP contribution is -1.97. The highest BCUT2D eigenvalue weighted by Crippen LogP contribution is 2.20. The molecule has 0 unspecified atom stereocenters. The summed E-state index contributed by atoms with van der Waals surface area (Å²) in [6.07, 6.45) is 1.62. The predicted octanol–water partition coefficient (Wildman–Crippen LogP) is 2.86. The molecule has 0 atom stereocenters. The number of rotatable bonds is 3. The molecule has 1 aromatic heterocycles. The second-order valence-corrected chi connectivity index (χ2v) is 2.91. The summed E-state index contributed by atoms with van der Waals surface area (Å²) in [4.78, 5) is 0. The number of nitrogen functional groups attached to an aromatic ring is 1. The van der Waals surface area contributed by atoms with Crippen molar-refractivity contribution < 1.29 is 9.15 Å². The molecule has 0 fully saturated rings. The zero-order chi connectivity index (χ0) is 9.80. The summed E-state index contributed by atoms with van der Waals surface area (Å²) in [7, 11) is 0. The number of hydrogen-bond donors (Lipinski definition) is 1. The molecule has 3 nitrogen and oxygen atoms in total. The minimum atomic E-state index is 0. The van der Waals surface area contributed by atoms with E-state index in [-0.39, 0.29) is 12.4 Å². The van der Waals surface area contributed by atoms with E-state index in [2.05, 4.69) is 0 Å². The molecule has 0 amide bonds. The highest BCUT2D eigenvalue weighted by atomic mass is 35.5. The van der Waals surface area contributed by atoms with Gasteiger partial charge in [-0.05, 0) is 24.3 Å². The van der Waals surface area contributed by atoms with Crippen LogP contribution in [0.5, 0.6) is 5.75 Å². The number of nitrogens with two attached hydrogens (primary N) is 1. The Balaban J connectivity index is 0.00000112. The molecule has 0 saturated heterocycles. The number of anilines is 1. The molecular formula is C11H12ClNO2. The van der Waals surface area contributed by atoms with Gasteiger partial charge in [0.05, 0.1) is 12.0 Å². The summed E-state index contributed by atoms with van der Waals surface area (Å²) in [6, 6.07) is 11.1. The van der Waals surface area contributed by atoms with Gasteiger partial charge >= 0.3 is 0 Å². The van der Waals surface area contributed by atoms with E-state index in [1.54, 1.807) is 12.3 Å². The second kappa shape index (κ2) is 5.32. The van der Waals surface area contributed by atoms with Gasteiger partial charge in [0.2, 0.25) is 0 Å². The molecule has 0 bridgehead atoms. The Morgan fingerprint density at radius 3 is 2.60 bits per heavy atom. The lowest BCUT2D eigenvalue weighted by atomic mass is 10.3. The van der Waals surface area contributed by atoms with Gasteiger partial charge in [-0.25, -0.2) is 0 Å². The van der Waals surface area contributed by atoms with Crippen LogP contribution < -0.4 is 10.5 Å². The molecule has 4 heteroatoms. The summed E-state index contributed by atoms with van der Waals surface area (Å²) in [5.41, 5.74) is 6.34. The van der Waals surface area contributed by atoms with Gasteiger partial charge in [0, 0.05) is 0 Å². The van der Waals surface area contributed by atoms with Gasteiger partial charge in [-0.1, -0.05) is 12.1 Å². The third-order valence-corrected chi connectivity index (χ3v) is 1.87. The first-order valence-corrected chi connectivity index (χ1v) is 4.36. The number of furan rings is 1. The number of halogens is 1. The lowest BCUT2D eigenvalue weighted by molar-refractivity contribution is 0.271. The molecule has 1 heterocycles. The van der Waals surface area contributed by atoms with E-state index in [1.165, 1.54) is 0 Å². The molecule has 2 N–H and O–H groups in total. The Morgan fingerprint density at radius 1 is 1.13 bits per heavy atom. The van der Waals surface area contributed by atoms with Crippen molar-refractivity contribution in [1.82, 2.24) is 0 Å². The summed E-state index contributed by atoms with van der Waals surface area (Å²) in [6.45, 7) is 0.404. The van der Waals surface area contributed by atoms with E-state index in [4.69, 9.17) is 14.9 Å². The fourth-order valence-electron chi connectivity index (χ4n) is 1.16. The predicted molar refractivity (Wildman–Crippen MR) is 61.1 cm³/mol. The maximum Gasteiger partial charge on any atom is 0.146 e. The van der Waals surface area contributed by atoms with Gasteiger partial charge in [0.15, 0.2) is 0 Å². The Kier molecular flexibility index (Phi) is 4.06. The fraction of sp³-hybridized carbons (Fsp3) is 0.0909. The first-order chi connectivity index (χ1) is 6.86. The first-order valence-electron chi connectivity index (χ1n) is 4.36. The second-order valence-electron chi connectivity index (χ2n) is 2.91. The van der Waals surface area contributed by atoms with Crippen LogP contribution in [0.2, 0.25) is 0 Å². The van der Waals surface area contributed by atoms with E-state index >= 15 is 0 Å². The van der Waals surface area contributed by atoms with E-state index in [1.807, 2.05) is 30.3 Å². The smallest absolute Gasteiger partial charge is 0.146 e. The molecule has 0 saturated carbocycles. The van der Waals surface area contributed by atoms with E-state index < -0.39 is 0 Å². The van der Waals surface area contributed by atoms with Crippen LogP contribution in [0, 0.1) is 0 Å². The van der Waals surface area contributed by atoms with Crippen molar-refractivity contribution in [2.75, 3.05) is 5.73 Å². The van der Waals surface area contributed by atoms with Crippen LogP contribution in [0.3, 0.4) is 0 Å². The molecule has 80 valence electrons. The van der Waals surface area contributed by atoms with Crippen LogP contribution >= 0.6 is 12.4 Å². The zero-order valence-electron chi connectivity index (χ0n) is 8.05. The maximum atomic E-state index is 5.70. The molecule has 0 aliphatic heterocycles. The zero-order valence-corrected chi connectivity index (χ0v) is 8.87. The Bertz CT molecular complexity index is 401.